The average molecular weight is 337 g/mol. The minimum Gasteiger partial charge on any atom is -0.485 e. The number of fused-ring (bicyclic) bond motifs is 1. The molecule has 0 saturated carbocycles. The van der Waals surface area contributed by atoms with Crippen molar-refractivity contribution in [3.05, 3.63) is 58.3 Å². The molecule has 1 atom stereocenters. The molecule has 0 radical (unpaired) electrons. The van der Waals surface area contributed by atoms with Gasteiger partial charge in [0.25, 0.3) is 0 Å². The van der Waals surface area contributed by atoms with Crippen LogP contribution in [-0.4, -0.2) is 18.5 Å². The minimum atomic E-state index is -0.839. The molecule has 5 heteroatoms. The average Bonchev–Trinajstić information content (AvgIpc) is 2.49. The number of rotatable bonds is 2. The van der Waals surface area contributed by atoms with Gasteiger partial charge in [-0.25, -0.2) is 4.39 Å². The van der Waals surface area contributed by atoms with Crippen LogP contribution in [0.5, 0.6) is 11.5 Å². The summed E-state index contributed by atoms with van der Waals surface area (Å²) in [6.45, 7) is 0.0712. The van der Waals surface area contributed by atoms with Gasteiger partial charge >= 0.3 is 0 Å². The Labute approximate surface area is 123 Å². The van der Waals surface area contributed by atoms with Gasteiger partial charge < -0.3 is 9.47 Å². The van der Waals surface area contributed by atoms with Crippen molar-refractivity contribution in [1.29, 1.82) is 0 Å². The van der Waals surface area contributed by atoms with Gasteiger partial charge in [0.1, 0.15) is 12.4 Å². The zero-order chi connectivity index (χ0) is 14.1. The van der Waals surface area contributed by atoms with Crippen molar-refractivity contribution in [3.8, 4) is 11.5 Å². The summed E-state index contributed by atoms with van der Waals surface area (Å²) in [5, 5.41) is 0. The second-order valence-corrected chi connectivity index (χ2v) is 5.18. The molecule has 102 valence electrons. The molecule has 0 aromatic heterocycles. The lowest BCUT2D eigenvalue weighted by atomic mass is 10.1. The van der Waals surface area contributed by atoms with Crippen LogP contribution in [0.2, 0.25) is 0 Å². The van der Waals surface area contributed by atoms with Crippen LogP contribution in [0.15, 0.2) is 46.9 Å². The number of para-hydroxylation sites is 2. The van der Waals surface area contributed by atoms with Crippen LogP contribution in [-0.2, 0) is 0 Å². The fourth-order valence-corrected chi connectivity index (χ4v) is 2.38. The Balaban J connectivity index is 1.88. The topological polar surface area (TPSA) is 35.5 Å². The van der Waals surface area contributed by atoms with Gasteiger partial charge in [0.05, 0.1) is 10.0 Å². The van der Waals surface area contributed by atoms with Crippen molar-refractivity contribution < 1.29 is 18.7 Å². The van der Waals surface area contributed by atoms with Crippen molar-refractivity contribution in [2.45, 2.75) is 6.10 Å². The third-order valence-corrected chi connectivity index (χ3v) is 3.63. The van der Waals surface area contributed by atoms with E-state index in [1.807, 2.05) is 6.07 Å². The summed E-state index contributed by atoms with van der Waals surface area (Å²) in [5.41, 5.74) is -0.00708. The molecule has 2 aromatic rings. The zero-order valence-electron chi connectivity index (χ0n) is 10.3. The molecule has 0 N–H and O–H groups in total. The van der Waals surface area contributed by atoms with E-state index in [4.69, 9.17) is 9.47 Å². The Kier molecular flexibility index (Phi) is 3.44. The highest BCUT2D eigenvalue weighted by Gasteiger charge is 2.30. The number of Topliss-reactive ketones (excluding diaryl/α,β-unsaturated/α-hetero) is 1. The zero-order valence-corrected chi connectivity index (χ0v) is 11.9. The highest BCUT2D eigenvalue weighted by Crippen LogP contribution is 2.32. The van der Waals surface area contributed by atoms with Crippen molar-refractivity contribution in [2.24, 2.45) is 0 Å². The fourth-order valence-electron chi connectivity index (χ4n) is 2.02. The molecule has 0 bridgehead atoms. The molecule has 3 nitrogen and oxygen atoms in total. The standard InChI is InChI=1S/C15H10BrFO3/c16-10-5-3-4-9(14(10)17)15(18)13-8-19-11-6-1-2-7-12(11)20-13/h1-7,13H,8H2. The summed E-state index contributed by atoms with van der Waals surface area (Å²) in [5.74, 6) is 0.0667. The number of ketones is 1. The molecule has 2 aromatic carbocycles. The molecule has 0 amide bonds. The third-order valence-electron chi connectivity index (χ3n) is 3.02. The van der Waals surface area contributed by atoms with Crippen LogP contribution < -0.4 is 9.47 Å². The summed E-state index contributed by atoms with van der Waals surface area (Å²) < 4.78 is 25.2. The van der Waals surface area contributed by atoms with Gasteiger partial charge in [-0.3, -0.25) is 4.79 Å². The molecule has 0 spiro atoms. The quantitative estimate of drug-likeness (QED) is 0.786. The number of halogens is 2. The highest BCUT2D eigenvalue weighted by molar-refractivity contribution is 9.10. The normalized spacial score (nSPS) is 16.8. The molecule has 20 heavy (non-hydrogen) atoms. The summed E-state index contributed by atoms with van der Waals surface area (Å²) >= 11 is 3.06. The van der Waals surface area contributed by atoms with Gasteiger partial charge in [0, 0.05) is 0 Å². The van der Waals surface area contributed by atoms with E-state index < -0.39 is 17.7 Å². The largest absolute Gasteiger partial charge is 0.485 e. The van der Waals surface area contributed by atoms with Crippen LogP contribution >= 0.6 is 15.9 Å². The number of carbonyl (C=O) groups is 1. The number of hydrogen-bond acceptors (Lipinski definition) is 3. The van der Waals surface area contributed by atoms with Crippen LogP contribution in [0.1, 0.15) is 10.4 Å². The summed E-state index contributed by atoms with van der Waals surface area (Å²) in [7, 11) is 0. The van der Waals surface area contributed by atoms with Gasteiger partial charge in [0.15, 0.2) is 17.6 Å². The number of benzene rings is 2. The maximum absolute atomic E-state index is 13.9. The smallest absolute Gasteiger partial charge is 0.209 e. The van der Waals surface area contributed by atoms with Crippen molar-refractivity contribution >= 4 is 21.7 Å². The molecular formula is C15H10BrFO3. The maximum Gasteiger partial charge on any atom is 0.209 e. The Bertz CT molecular complexity index is 672. The number of hydrogen-bond donors (Lipinski definition) is 0. The highest BCUT2D eigenvalue weighted by atomic mass is 79.9. The molecule has 1 unspecified atom stereocenters. The van der Waals surface area contributed by atoms with E-state index in [-0.39, 0.29) is 16.6 Å². The Morgan fingerprint density at radius 3 is 2.70 bits per heavy atom. The molecular weight excluding hydrogens is 327 g/mol. The van der Waals surface area contributed by atoms with E-state index in [1.54, 1.807) is 30.3 Å². The fraction of sp³-hybridized carbons (Fsp3) is 0.133. The molecule has 0 saturated heterocycles. The molecule has 1 heterocycles. The Morgan fingerprint density at radius 2 is 1.90 bits per heavy atom. The molecule has 1 aliphatic rings. The molecule has 1 aliphatic heterocycles. The van der Waals surface area contributed by atoms with E-state index in [1.165, 1.54) is 6.07 Å². The summed E-state index contributed by atoms with van der Waals surface area (Å²) in [4.78, 5) is 12.3. The summed E-state index contributed by atoms with van der Waals surface area (Å²) in [6.07, 6.45) is -0.839. The van der Waals surface area contributed by atoms with E-state index >= 15 is 0 Å². The lowest BCUT2D eigenvalue weighted by Gasteiger charge is -2.25. The monoisotopic (exact) mass is 336 g/mol. The van der Waals surface area contributed by atoms with E-state index in [9.17, 15) is 9.18 Å². The lowest BCUT2D eigenvalue weighted by molar-refractivity contribution is 0.0582. The lowest BCUT2D eigenvalue weighted by Crippen LogP contribution is -2.37. The van der Waals surface area contributed by atoms with E-state index in [0.717, 1.165) is 0 Å². The second kappa shape index (κ2) is 5.25. The van der Waals surface area contributed by atoms with Gasteiger partial charge in [-0.1, -0.05) is 18.2 Å². The van der Waals surface area contributed by atoms with Crippen molar-refractivity contribution in [2.75, 3.05) is 6.61 Å². The second-order valence-electron chi connectivity index (χ2n) is 4.33. The van der Waals surface area contributed by atoms with E-state index in [0.29, 0.717) is 11.5 Å². The van der Waals surface area contributed by atoms with Crippen LogP contribution in [0.25, 0.3) is 0 Å². The van der Waals surface area contributed by atoms with Crippen LogP contribution in [0, 0.1) is 5.82 Å². The van der Waals surface area contributed by atoms with Crippen LogP contribution in [0.4, 0.5) is 4.39 Å². The minimum absolute atomic E-state index is 0.00708. The Hall–Kier alpha value is -1.88. The van der Waals surface area contributed by atoms with Gasteiger partial charge in [-0.15, -0.1) is 0 Å². The molecule has 0 fully saturated rings. The predicted molar refractivity (Wildman–Crippen MR) is 74.8 cm³/mol. The van der Waals surface area contributed by atoms with Crippen molar-refractivity contribution in [1.82, 2.24) is 0 Å². The SMILES string of the molecule is O=C(c1cccc(Br)c1F)C1COc2ccccc2O1. The number of ether oxygens (including phenoxy) is 2. The first-order valence-electron chi connectivity index (χ1n) is 6.03. The molecule has 3 rings (SSSR count). The number of carbonyl (C=O) groups excluding carboxylic acids is 1. The third kappa shape index (κ3) is 2.29. The molecule has 0 aliphatic carbocycles. The van der Waals surface area contributed by atoms with Gasteiger partial charge in [0.2, 0.25) is 5.78 Å². The van der Waals surface area contributed by atoms with Gasteiger partial charge in [-0.05, 0) is 40.2 Å². The Morgan fingerprint density at radius 1 is 1.15 bits per heavy atom. The first-order chi connectivity index (χ1) is 9.66. The summed E-state index contributed by atoms with van der Waals surface area (Å²) in [6, 6.07) is 11.7. The first-order valence-corrected chi connectivity index (χ1v) is 6.83. The van der Waals surface area contributed by atoms with E-state index in [2.05, 4.69) is 15.9 Å². The predicted octanol–water partition coefficient (Wildman–Crippen LogP) is 3.61. The maximum atomic E-state index is 13.9. The van der Waals surface area contributed by atoms with Gasteiger partial charge in [-0.2, -0.15) is 0 Å². The van der Waals surface area contributed by atoms with Crippen LogP contribution in [0.3, 0.4) is 0 Å². The first kappa shape index (κ1) is 13.1. The van der Waals surface area contributed by atoms with Crippen molar-refractivity contribution in [3.63, 3.8) is 0 Å².